The monoisotopic (exact) mass is 149 g/mol. The third-order valence-corrected chi connectivity index (χ3v) is 1.15. The second-order valence-corrected chi connectivity index (χ2v) is 2.12. The van der Waals surface area contributed by atoms with Crippen LogP contribution in [0.5, 0.6) is 0 Å². The van der Waals surface area contributed by atoms with Gasteiger partial charge in [0.25, 0.3) is 0 Å². The quantitative estimate of drug-likeness (QED) is 0.405. The van der Waals surface area contributed by atoms with Crippen molar-refractivity contribution in [3.63, 3.8) is 0 Å². The Morgan fingerprint density at radius 3 is 2.30 bits per heavy atom. The lowest BCUT2D eigenvalue weighted by molar-refractivity contribution is 0.0572. The fourth-order valence-corrected chi connectivity index (χ4v) is 0.606. The van der Waals surface area contributed by atoms with Gasteiger partial charge in [-0.05, 0) is 6.42 Å². The molecule has 0 aromatic heterocycles. The molecule has 0 spiro atoms. The molecular weight excluding hydrogens is 136 g/mol. The van der Waals surface area contributed by atoms with Gasteiger partial charge >= 0.3 is 0 Å². The smallest absolute Gasteiger partial charge is 0.108 e. The van der Waals surface area contributed by atoms with Crippen LogP contribution in [-0.4, -0.2) is 39.2 Å². The van der Waals surface area contributed by atoms with E-state index in [1.165, 1.54) is 0 Å². The Kier molecular flexibility index (Phi) is 5.52. The maximum absolute atomic E-state index is 8.90. The summed E-state index contributed by atoms with van der Waals surface area (Å²) in [6, 6.07) is 0. The summed E-state index contributed by atoms with van der Waals surface area (Å²) in [5.41, 5.74) is 0. The molecule has 0 aliphatic carbocycles. The van der Waals surface area contributed by atoms with Crippen molar-refractivity contribution in [2.75, 3.05) is 6.61 Å². The van der Waals surface area contributed by atoms with Crippen molar-refractivity contribution in [2.24, 2.45) is 0 Å². The minimum atomic E-state index is -0.999. The Morgan fingerprint density at radius 1 is 1.30 bits per heavy atom. The zero-order chi connectivity index (χ0) is 7.98. The van der Waals surface area contributed by atoms with Gasteiger partial charge in [-0.1, -0.05) is 0 Å². The molecule has 0 rings (SSSR count). The van der Waals surface area contributed by atoms with Crippen LogP contribution in [0.25, 0.3) is 0 Å². The standard InChI is InChI=1S/C6H13O4/c7-2-1-5(9)3-6(10)4-8/h4-10H,1-3H2. The fourth-order valence-electron chi connectivity index (χ4n) is 0.606. The fraction of sp³-hybridized carbons (Fsp3) is 0.833. The molecule has 0 saturated heterocycles. The second-order valence-electron chi connectivity index (χ2n) is 2.12. The summed E-state index contributed by atoms with van der Waals surface area (Å²) in [4.78, 5) is 0. The van der Waals surface area contributed by atoms with Gasteiger partial charge in [-0.3, -0.25) is 0 Å². The van der Waals surface area contributed by atoms with Crippen LogP contribution in [0.2, 0.25) is 0 Å². The molecule has 2 atom stereocenters. The van der Waals surface area contributed by atoms with E-state index in [4.69, 9.17) is 20.4 Å². The van der Waals surface area contributed by atoms with E-state index in [2.05, 4.69) is 0 Å². The van der Waals surface area contributed by atoms with E-state index in [1.807, 2.05) is 0 Å². The Labute approximate surface area is 59.7 Å². The van der Waals surface area contributed by atoms with Gasteiger partial charge in [-0.2, -0.15) is 0 Å². The molecule has 4 nitrogen and oxygen atoms in total. The van der Waals surface area contributed by atoms with E-state index in [0.29, 0.717) is 6.61 Å². The first-order valence-electron chi connectivity index (χ1n) is 3.15. The molecule has 0 aromatic rings. The molecule has 0 fully saturated rings. The third-order valence-electron chi connectivity index (χ3n) is 1.15. The predicted octanol–water partition coefficient (Wildman–Crippen LogP) is -0.985. The van der Waals surface area contributed by atoms with E-state index in [1.54, 1.807) is 0 Å². The maximum Gasteiger partial charge on any atom is 0.108 e. The minimum Gasteiger partial charge on any atom is -0.396 e. The number of rotatable bonds is 5. The summed E-state index contributed by atoms with van der Waals surface area (Å²) in [5.74, 6) is 0. The first kappa shape index (κ1) is 9.84. The van der Waals surface area contributed by atoms with Crippen molar-refractivity contribution in [3.8, 4) is 0 Å². The highest BCUT2D eigenvalue weighted by Crippen LogP contribution is 2.02. The number of hydrogen-bond acceptors (Lipinski definition) is 4. The number of aliphatic hydroxyl groups is 4. The van der Waals surface area contributed by atoms with E-state index in [0.717, 1.165) is 0 Å². The maximum atomic E-state index is 8.90. The molecule has 0 aromatic carbocycles. The molecular formula is C6H13O4. The zero-order valence-corrected chi connectivity index (χ0v) is 5.64. The van der Waals surface area contributed by atoms with Crippen LogP contribution < -0.4 is 0 Å². The van der Waals surface area contributed by atoms with Gasteiger partial charge in [-0.25, -0.2) is 0 Å². The van der Waals surface area contributed by atoms with Crippen molar-refractivity contribution >= 4 is 0 Å². The first-order chi connectivity index (χ1) is 4.70. The summed E-state index contributed by atoms with van der Waals surface area (Å²) < 4.78 is 0. The normalized spacial score (nSPS) is 16.8. The Hall–Kier alpha value is -0.160. The van der Waals surface area contributed by atoms with Gasteiger partial charge in [-0.15, -0.1) is 0 Å². The van der Waals surface area contributed by atoms with Crippen LogP contribution in [-0.2, 0) is 0 Å². The Bertz CT molecular complexity index is 76.1. The van der Waals surface area contributed by atoms with Crippen molar-refractivity contribution in [2.45, 2.75) is 25.0 Å². The van der Waals surface area contributed by atoms with E-state index >= 15 is 0 Å². The van der Waals surface area contributed by atoms with Crippen LogP contribution in [0, 0.1) is 6.61 Å². The molecule has 0 amide bonds. The molecule has 0 saturated carbocycles. The van der Waals surface area contributed by atoms with E-state index in [9.17, 15) is 0 Å². The lowest BCUT2D eigenvalue weighted by atomic mass is 10.1. The van der Waals surface area contributed by atoms with Gasteiger partial charge in [0.15, 0.2) is 0 Å². The summed E-state index contributed by atoms with van der Waals surface area (Å²) in [6.07, 6.45) is -1.45. The third kappa shape index (κ3) is 4.69. The SMILES string of the molecule is O[CH]C(O)CC(O)CCO. The molecule has 0 aliphatic rings. The Balaban J connectivity index is 3.27. The molecule has 2 unspecified atom stereocenters. The molecule has 10 heavy (non-hydrogen) atoms. The summed E-state index contributed by atoms with van der Waals surface area (Å²) >= 11 is 0. The van der Waals surface area contributed by atoms with Crippen molar-refractivity contribution in [1.82, 2.24) is 0 Å². The summed E-state index contributed by atoms with van der Waals surface area (Å²) in [6.45, 7) is 0.500. The lowest BCUT2D eigenvalue weighted by Gasteiger charge is -2.11. The first-order valence-corrected chi connectivity index (χ1v) is 3.15. The lowest BCUT2D eigenvalue weighted by Crippen LogP contribution is -2.18. The van der Waals surface area contributed by atoms with Crippen LogP contribution in [0.3, 0.4) is 0 Å². The van der Waals surface area contributed by atoms with Gasteiger partial charge in [0, 0.05) is 13.0 Å². The molecule has 1 radical (unpaired) electrons. The average molecular weight is 149 g/mol. The van der Waals surface area contributed by atoms with Crippen LogP contribution in [0.4, 0.5) is 0 Å². The Morgan fingerprint density at radius 2 is 1.90 bits per heavy atom. The minimum absolute atomic E-state index is 0.0665. The molecule has 0 aliphatic heterocycles. The topological polar surface area (TPSA) is 80.9 Å². The zero-order valence-electron chi connectivity index (χ0n) is 5.64. The van der Waals surface area contributed by atoms with Crippen molar-refractivity contribution in [3.05, 3.63) is 6.61 Å². The average Bonchev–Trinajstić information content (AvgIpc) is 1.88. The van der Waals surface area contributed by atoms with Crippen molar-refractivity contribution < 1.29 is 20.4 Å². The second kappa shape index (κ2) is 5.61. The van der Waals surface area contributed by atoms with Crippen molar-refractivity contribution in [1.29, 1.82) is 0 Å². The van der Waals surface area contributed by atoms with E-state index < -0.39 is 12.2 Å². The van der Waals surface area contributed by atoms with Crippen LogP contribution in [0.1, 0.15) is 12.8 Å². The van der Waals surface area contributed by atoms with Gasteiger partial charge in [0.05, 0.1) is 12.2 Å². The van der Waals surface area contributed by atoms with Gasteiger partial charge in [0.2, 0.25) is 0 Å². The molecule has 0 bridgehead atoms. The molecule has 0 heterocycles. The molecule has 4 N–H and O–H groups in total. The summed E-state index contributed by atoms with van der Waals surface area (Å²) in [7, 11) is 0. The highest BCUT2D eigenvalue weighted by molar-refractivity contribution is 4.68. The van der Waals surface area contributed by atoms with Gasteiger partial charge < -0.3 is 20.4 Å². The highest BCUT2D eigenvalue weighted by Gasteiger charge is 2.09. The summed E-state index contributed by atoms with van der Waals surface area (Å²) in [5, 5.41) is 34.1. The van der Waals surface area contributed by atoms with Crippen LogP contribution in [0.15, 0.2) is 0 Å². The molecule has 4 heteroatoms. The van der Waals surface area contributed by atoms with Crippen LogP contribution >= 0.6 is 0 Å². The number of aliphatic hydroxyl groups excluding tert-OH is 4. The highest BCUT2D eigenvalue weighted by atomic mass is 16.3. The van der Waals surface area contributed by atoms with Gasteiger partial charge in [0.1, 0.15) is 6.61 Å². The number of hydrogen-bond donors (Lipinski definition) is 4. The van der Waals surface area contributed by atoms with E-state index in [-0.39, 0.29) is 19.4 Å². The largest absolute Gasteiger partial charge is 0.396 e. The predicted molar refractivity (Wildman–Crippen MR) is 34.6 cm³/mol. The molecule has 61 valence electrons.